The third-order valence-corrected chi connectivity index (χ3v) is 7.97. The van der Waals surface area contributed by atoms with Crippen LogP contribution in [0.5, 0.6) is 0 Å². The van der Waals surface area contributed by atoms with Crippen LogP contribution < -0.4 is 21.5 Å². The van der Waals surface area contributed by atoms with Gasteiger partial charge in [-0.3, -0.25) is 19.8 Å². The van der Waals surface area contributed by atoms with Gasteiger partial charge in [0, 0.05) is 37.3 Å². The van der Waals surface area contributed by atoms with Gasteiger partial charge in [0.05, 0.1) is 17.4 Å². The molecule has 7 N–H and O–H groups in total. The molecule has 1 saturated heterocycles. The van der Waals surface area contributed by atoms with E-state index in [-0.39, 0.29) is 73.3 Å². The number of nitrogen functional groups attached to an aromatic ring is 1. The van der Waals surface area contributed by atoms with Gasteiger partial charge in [0.2, 0.25) is 21.8 Å². The number of hydrogen-bond acceptors (Lipinski definition) is 8. The van der Waals surface area contributed by atoms with Gasteiger partial charge in [0.1, 0.15) is 11.9 Å². The Morgan fingerprint density at radius 1 is 1.12 bits per heavy atom. The van der Waals surface area contributed by atoms with Crippen molar-refractivity contribution in [3.8, 4) is 0 Å². The number of benzene rings is 2. The Labute approximate surface area is 234 Å². The molecule has 1 fully saturated rings. The van der Waals surface area contributed by atoms with Crippen LogP contribution in [0.3, 0.4) is 0 Å². The average Bonchev–Trinajstić information content (AvgIpc) is 2.93. The summed E-state index contributed by atoms with van der Waals surface area (Å²) in [6.45, 7) is 2.71. The van der Waals surface area contributed by atoms with E-state index in [0.29, 0.717) is 24.0 Å². The molecule has 0 aromatic heterocycles. The Morgan fingerprint density at radius 3 is 2.48 bits per heavy atom. The van der Waals surface area contributed by atoms with Crippen LogP contribution in [-0.2, 0) is 35.6 Å². The van der Waals surface area contributed by atoms with Crippen LogP contribution in [0.2, 0.25) is 0 Å². The van der Waals surface area contributed by atoms with Crippen molar-refractivity contribution in [2.75, 3.05) is 31.6 Å². The molecule has 216 valence electrons. The van der Waals surface area contributed by atoms with Crippen molar-refractivity contribution < 1.29 is 27.5 Å². The summed E-state index contributed by atoms with van der Waals surface area (Å²) in [6, 6.07) is 11.2. The van der Waals surface area contributed by atoms with Gasteiger partial charge >= 0.3 is 5.97 Å². The van der Waals surface area contributed by atoms with E-state index in [1.54, 1.807) is 42.2 Å². The van der Waals surface area contributed by atoms with E-state index in [0.717, 1.165) is 0 Å². The maximum Gasteiger partial charge on any atom is 0.309 e. The van der Waals surface area contributed by atoms with Gasteiger partial charge in [-0.15, -0.1) is 0 Å². The van der Waals surface area contributed by atoms with E-state index in [4.69, 9.17) is 21.6 Å². The minimum absolute atomic E-state index is 0.00388. The minimum Gasteiger partial charge on any atom is -0.466 e. The molecule has 40 heavy (non-hydrogen) atoms. The average molecular weight is 573 g/mol. The first-order valence-corrected chi connectivity index (χ1v) is 14.5. The molecule has 13 heteroatoms. The normalized spacial score (nSPS) is 14.8. The van der Waals surface area contributed by atoms with E-state index in [1.807, 2.05) is 0 Å². The zero-order valence-corrected chi connectivity index (χ0v) is 23.2. The van der Waals surface area contributed by atoms with Gasteiger partial charge in [-0.25, -0.2) is 8.42 Å². The van der Waals surface area contributed by atoms with Crippen molar-refractivity contribution in [2.24, 2.45) is 17.4 Å². The quantitative estimate of drug-likeness (QED) is 0.141. The highest BCUT2D eigenvalue weighted by Gasteiger charge is 2.34. The number of hydrogen-bond donors (Lipinski definition) is 5. The highest BCUT2D eigenvalue weighted by molar-refractivity contribution is 7.89. The predicted molar refractivity (Wildman–Crippen MR) is 150 cm³/mol. The summed E-state index contributed by atoms with van der Waals surface area (Å²) in [5, 5.41) is 10.3. The van der Waals surface area contributed by atoms with Crippen molar-refractivity contribution in [3.05, 3.63) is 59.7 Å². The second kappa shape index (κ2) is 14.0. The van der Waals surface area contributed by atoms with Crippen LogP contribution in [0, 0.1) is 11.3 Å². The highest BCUT2D eigenvalue weighted by atomic mass is 32.2. The highest BCUT2D eigenvalue weighted by Crippen LogP contribution is 2.22. The zero-order valence-electron chi connectivity index (χ0n) is 22.4. The summed E-state index contributed by atoms with van der Waals surface area (Å²) in [7, 11) is -4.21. The van der Waals surface area contributed by atoms with Crippen LogP contribution in [0.4, 0.5) is 5.69 Å². The second-order valence-electron chi connectivity index (χ2n) is 9.46. The topological polar surface area (TPSA) is 198 Å². The molecule has 1 atom stereocenters. The van der Waals surface area contributed by atoms with Crippen LogP contribution in [0.1, 0.15) is 37.3 Å². The molecule has 0 spiro atoms. The summed E-state index contributed by atoms with van der Waals surface area (Å²) >= 11 is 0. The molecule has 0 saturated carbocycles. The molecular formula is C27H36N6O6S. The number of amides is 2. The first-order valence-electron chi connectivity index (χ1n) is 13.0. The number of ether oxygens (including phenoxy) is 1. The van der Waals surface area contributed by atoms with E-state index in [1.165, 1.54) is 18.2 Å². The lowest BCUT2D eigenvalue weighted by molar-refractivity contribution is -0.151. The number of carbonyl (C=O) groups excluding carboxylic acids is 3. The van der Waals surface area contributed by atoms with Gasteiger partial charge < -0.3 is 26.4 Å². The number of nitrogens with two attached hydrogens (primary N) is 2. The molecule has 1 heterocycles. The molecule has 0 radical (unpaired) electrons. The standard InChI is InChI=1S/C27H36N6O6S/c1-2-39-27(36)19-10-13-33(14-11-19)26(35)23(16-18-5-3-6-20(15-18)25(29)30)32-40(37,38)22-8-4-7-21(17-22)31-24(34)9-12-28/h3-8,15,17,19,23,32H,2,9-14,16,28H2,1H3,(H3,29,30)(H,31,34)/t23-/m1/s1. The van der Waals surface area contributed by atoms with Crippen molar-refractivity contribution in [1.82, 2.24) is 9.62 Å². The fourth-order valence-corrected chi connectivity index (χ4v) is 5.68. The summed E-state index contributed by atoms with van der Waals surface area (Å²) in [5.41, 5.74) is 12.4. The maximum absolute atomic E-state index is 13.7. The van der Waals surface area contributed by atoms with E-state index >= 15 is 0 Å². The Balaban J connectivity index is 1.85. The van der Waals surface area contributed by atoms with Gasteiger partial charge in [0.25, 0.3) is 0 Å². The van der Waals surface area contributed by atoms with Gasteiger partial charge in [-0.05, 0) is 56.0 Å². The Bertz CT molecular complexity index is 1340. The van der Waals surface area contributed by atoms with Gasteiger partial charge in [-0.1, -0.05) is 24.3 Å². The van der Waals surface area contributed by atoms with Crippen LogP contribution in [0.25, 0.3) is 0 Å². The Kier molecular flexibility index (Phi) is 10.8. The predicted octanol–water partition coefficient (Wildman–Crippen LogP) is 0.949. The van der Waals surface area contributed by atoms with Gasteiger partial charge in [0.15, 0.2) is 0 Å². The molecule has 3 rings (SSSR count). The second-order valence-corrected chi connectivity index (χ2v) is 11.2. The Hall–Kier alpha value is -3.81. The lowest BCUT2D eigenvalue weighted by Gasteiger charge is -2.33. The van der Waals surface area contributed by atoms with E-state index in [9.17, 15) is 22.8 Å². The smallest absolute Gasteiger partial charge is 0.309 e. The van der Waals surface area contributed by atoms with Crippen LogP contribution in [-0.4, -0.2) is 69.2 Å². The molecule has 0 bridgehead atoms. The van der Waals surface area contributed by atoms with E-state index in [2.05, 4.69) is 10.0 Å². The number of anilines is 1. The number of nitrogens with one attached hydrogen (secondary N) is 3. The number of piperidine rings is 1. The number of sulfonamides is 1. The lowest BCUT2D eigenvalue weighted by Crippen LogP contribution is -2.52. The molecule has 12 nitrogen and oxygen atoms in total. The van der Waals surface area contributed by atoms with Gasteiger partial charge in [-0.2, -0.15) is 4.72 Å². The maximum atomic E-state index is 13.7. The SMILES string of the molecule is CCOC(=O)C1CCN(C(=O)[C@@H](Cc2cccc(C(=N)N)c2)NS(=O)(=O)c2cccc(NC(=O)CCN)c2)CC1. The largest absolute Gasteiger partial charge is 0.466 e. The number of carbonyl (C=O) groups is 3. The van der Waals surface area contributed by atoms with E-state index < -0.39 is 22.0 Å². The summed E-state index contributed by atoms with van der Waals surface area (Å²) in [4.78, 5) is 39.1. The summed E-state index contributed by atoms with van der Waals surface area (Å²) in [6.07, 6.45) is 0.907. The zero-order chi connectivity index (χ0) is 29.3. The summed E-state index contributed by atoms with van der Waals surface area (Å²) < 4.78 is 34.5. The molecular weight excluding hydrogens is 536 g/mol. The third kappa shape index (κ3) is 8.34. The molecule has 1 aliphatic heterocycles. The fourth-order valence-electron chi connectivity index (χ4n) is 4.45. The number of nitrogens with zero attached hydrogens (tertiary/aromatic N) is 1. The summed E-state index contributed by atoms with van der Waals surface area (Å²) in [5.74, 6) is -1.56. The monoisotopic (exact) mass is 572 g/mol. The number of esters is 1. The van der Waals surface area contributed by atoms with Crippen molar-refractivity contribution in [3.63, 3.8) is 0 Å². The number of amidine groups is 1. The molecule has 2 aromatic carbocycles. The van der Waals surface area contributed by atoms with Crippen LogP contribution in [0.15, 0.2) is 53.4 Å². The number of likely N-dealkylation sites (tertiary alicyclic amines) is 1. The van der Waals surface area contributed by atoms with Crippen molar-refractivity contribution in [1.29, 1.82) is 5.41 Å². The van der Waals surface area contributed by atoms with Crippen molar-refractivity contribution >= 4 is 39.3 Å². The Morgan fingerprint density at radius 2 is 1.82 bits per heavy atom. The van der Waals surface area contributed by atoms with Crippen LogP contribution >= 0.6 is 0 Å². The molecule has 2 aromatic rings. The number of rotatable bonds is 12. The molecule has 0 unspecified atom stereocenters. The first kappa shape index (κ1) is 30.7. The molecule has 1 aliphatic rings. The fraction of sp³-hybridized carbons (Fsp3) is 0.407. The van der Waals surface area contributed by atoms with Crippen molar-refractivity contribution in [2.45, 2.75) is 43.5 Å². The lowest BCUT2D eigenvalue weighted by atomic mass is 9.95. The third-order valence-electron chi connectivity index (χ3n) is 6.50. The molecule has 0 aliphatic carbocycles. The minimum atomic E-state index is -4.21. The first-order chi connectivity index (χ1) is 19.0. The molecule has 2 amide bonds.